The van der Waals surface area contributed by atoms with Crippen LogP contribution in [0.25, 0.3) is 0 Å². The molecule has 0 aliphatic carbocycles. The van der Waals surface area contributed by atoms with Crippen LogP contribution in [0.2, 0.25) is 0 Å². The largest absolute Gasteiger partial charge is 0.373 e. The first-order valence-corrected chi connectivity index (χ1v) is 8.10. The third-order valence-corrected chi connectivity index (χ3v) is 5.01. The number of hydrogen-bond donors (Lipinski definition) is 2. The van der Waals surface area contributed by atoms with Gasteiger partial charge in [-0.2, -0.15) is 11.3 Å². The van der Waals surface area contributed by atoms with Crippen LogP contribution in [0.15, 0.2) is 34.0 Å². The van der Waals surface area contributed by atoms with Crippen LogP contribution in [-0.4, -0.2) is 20.4 Å². The number of thiophene rings is 1. The molecule has 2 aromatic rings. The van der Waals surface area contributed by atoms with E-state index in [1.165, 1.54) is 12.3 Å². The van der Waals surface area contributed by atoms with Gasteiger partial charge >= 0.3 is 0 Å². The maximum absolute atomic E-state index is 12.1. The van der Waals surface area contributed by atoms with Gasteiger partial charge in [0.05, 0.1) is 0 Å². The van der Waals surface area contributed by atoms with Gasteiger partial charge in [0, 0.05) is 19.8 Å². The molecule has 7 heteroatoms. The fourth-order valence-electron chi connectivity index (χ4n) is 1.51. The minimum Gasteiger partial charge on any atom is -0.373 e. The van der Waals surface area contributed by atoms with E-state index in [0.717, 1.165) is 11.1 Å². The van der Waals surface area contributed by atoms with Crippen molar-refractivity contribution in [3.63, 3.8) is 0 Å². The Morgan fingerprint density at radius 3 is 2.63 bits per heavy atom. The second kappa shape index (κ2) is 5.68. The average Bonchev–Trinajstić information content (AvgIpc) is 2.82. The Kier molecular flexibility index (Phi) is 4.18. The molecule has 19 heavy (non-hydrogen) atoms. The fraction of sp³-hybridized carbons (Fsp3) is 0.250. The summed E-state index contributed by atoms with van der Waals surface area (Å²) in [5.74, 6) is 0.632. The minimum atomic E-state index is -3.51. The van der Waals surface area contributed by atoms with Gasteiger partial charge in [-0.05, 0) is 40.9 Å². The van der Waals surface area contributed by atoms with E-state index in [4.69, 9.17) is 0 Å². The molecule has 0 saturated carbocycles. The van der Waals surface area contributed by atoms with E-state index in [2.05, 4.69) is 15.0 Å². The molecule has 2 heterocycles. The molecule has 0 fully saturated rings. The number of pyridine rings is 1. The van der Waals surface area contributed by atoms with Gasteiger partial charge < -0.3 is 5.32 Å². The van der Waals surface area contributed by atoms with Crippen LogP contribution < -0.4 is 10.0 Å². The Balaban J connectivity index is 2.11. The van der Waals surface area contributed by atoms with Crippen LogP contribution in [0.3, 0.4) is 0 Å². The van der Waals surface area contributed by atoms with E-state index in [0.29, 0.717) is 12.4 Å². The maximum Gasteiger partial charge on any atom is 0.242 e. The third-order valence-electron chi connectivity index (χ3n) is 2.72. The molecule has 0 aromatic carbocycles. The maximum atomic E-state index is 12.1. The molecule has 0 aliphatic heterocycles. The lowest BCUT2D eigenvalue weighted by Crippen LogP contribution is -2.23. The number of nitrogens with zero attached hydrogens (tertiary/aromatic N) is 1. The molecule has 0 atom stereocenters. The highest BCUT2D eigenvalue weighted by Gasteiger charge is 2.14. The Bertz CT molecular complexity index is 648. The van der Waals surface area contributed by atoms with Gasteiger partial charge in [0.15, 0.2) is 0 Å². The number of aromatic nitrogens is 1. The zero-order valence-electron chi connectivity index (χ0n) is 10.7. The van der Waals surface area contributed by atoms with E-state index in [-0.39, 0.29) is 4.90 Å². The Morgan fingerprint density at radius 1 is 1.32 bits per heavy atom. The third kappa shape index (κ3) is 3.31. The summed E-state index contributed by atoms with van der Waals surface area (Å²) in [6.07, 6.45) is 1.34. The van der Waals surface area contributed by atoms with E-state index in [1.807, 2.05) is 17.7 Å². The zero-order chi connectivity index (χ0) is 13.9. The predicted molar refractivity (Wildman–Crippen MR) is 76.9 cm³/mol. The van der Waals surface area contributed by atoms with E-state index >= 15 is 0 Å². The molecule has 0 amide bonds. The van der Waals surface area contributed by atoms with Crippen molar-refractivity contribution in [2.75, 3.05) is 12.4 Å². The van der Waals surface area contributed by atoms with Crippen molar-refractivity contribution in [2.45, 2.75) is 18.4 Å². The van der Waals surface area contributed by atoms with Gasteiger partial charge in [-0.25, -0.2) is 18.1 Å². The summed E-state index contributed by atoms with van der Waals surface area (Å²) in [6.45, 7) is 2.26. The molecule has 5 nitrogen and oxygen atoms in total. The quantitative estimate of drug-likeness (QED) is 0.885. The molecule has 2 rings (SSSR count). The molecule has 0 bridgehead atoms. The normalized spacial score (nSPS) is 11.5. The Labute approximate surface area is 116 Å². The molecule has 0 unspecified atom stereocenters. The number of hydrogen-bond acceptors (Lipinski definition) is 5. The minimum absolute atomic E-state index is 0.166. The van der Waals surface area contributed by atoms with E-state index < -0.39 is 10.0 Å². The second-order valence-corrected chi connectivity index (χ2v) is 6.54. The number of aryl methyl sites for hydroxylation is 1. The van der Waals surface area contributed by atoms with Gasteiger partial charge in [-0.1, -0.05) is 0 Å². The van der Waals surface area contributed by atoms with Gasteiger partial charge in [0.25, 0.3) is 0 Å². The molecule has 0 saturated heterocycles. The first-order valence-electron chi connectivity index (χ1n) is 5.68. The van der Waals surface area contributed by atoms with Crippen LogP contribution in [0.5, 0.6) is 0 Å². The van der Waals surface area contributed by atoms with Crippen molar-refractivity contribution in [1.29, 1.82) is 0 Å². The standard InChI is InChI=1S/C12H15N3O2S2/c1-9-7-18-8-10(9)5-15-19(16,17)11-3-4-12(13-2)14-6-11/h3-4,6-8,15H,5H2,1-2H3,(H,13,14). The molecule has 0 aliphatic rings. The highest BCUT2D eigenvalue weighted by Crippen LogP contribution is 2.15. The van der Waals surface area contributed by atoms with Crippen LogP contribution in [0, 0.1) is 6.92 Å². The first-order chi connectivity index (χ1) is 9.03. The van der Waals surface area contributed by atoms with Crippen molar-refractivity contribution >= 4 is 27.2 Å². The summed E-state index contributed by atoms with van der Waals surface area (Å²) < 4.78 is 26.7. The van der Waals surface area contributed by atoms with Crippen molar-refractivity contribution in [3.05, 3.63) is 40.2 Å². The summed E-state index contributed by atoms with van der Waals surface area (Å²) in [5, 5.41) is 6.78. The average molecular weight is 297 g/mol. The predicted octanol–water partition coefficient (Wildman–Crippen LogP) is 1.97. The molecule has 102 valence electrons. The summed E-state index contributed by atoms with van der Waals surface area (Å²) in [5.41, 5.74) is 2.09. The van der Waals surface area contributed by atoms with Crippen molar-refractivity contribution in [3.8, 4) is 0 Å². The number of sulfonamides is 1. The van der Waals surface area contributed by atoms with Crippen LogP contribution >= 0.6 is 11.3 Å². The monoisotopic (exact) mass is 297 g/mol. The summed E-state index contributed by atoms with van der Waals surface area (Å²) in [7, 11) is -1.78. The lowest BCUT2D eigenvalue weighted by molar-refractivity contribution is 0.581. The Hall–Kier alpha value is -1.44. The van der Waals surface area contributed by atoms with Crippen LogP contribution in [-0.2, 0) is 16.6 Å². The van der Waals surface area contributed by atoms with E-state index in [1.54, 1.807) is 24.5 Å². The molecular weight excluding hydrogens is 282 g/mol. The highest BCUT2D eigenvalue weighted by molar-refractivity contribution is 7.89. The van der Waals surface area contributed by atoms with Gasteiger partial charge in [0.1, 0.15) is 10.7 Å². The topological polar surface area (TPSA) is 71.1 Å². The molecular formula is C12H15N3O2S2. The highest BCUT2D eigenvalue weighted by atomic mass is 32.2. The molecule has 0 spiro atoms. The first kappa shape index (κ1) is 14.0. The lowest BCUT2D eigenvalue weighted by Gasteiger charge is -2.07. The lowest BCUT2D eigenvalue weighted by atomic mass is 10.2. The van der Waals surface area contributed by atoms with Crippen LogP contribution in [0.4, 0.5) is 5.82 Å². The van der Waals surface area contributed by atoms with Gasteiger partial charge in [0.2, 0.25) is 10.0 Å². The van der Waals surface area contributed by atoms with Crippen molar-refractivity contribution in [1.82, 2.24) is 9.71 Å². The van der Waals surface area contributed by atoms with Crippen LogP contribution in [0.1, 0.15) is 11.1 Å². The van der Waals surface area contributed by atoms with E-state index in [9.17, 15) is 8.42 Å². The molecule has 2 aromatic heterocycles. The summed E-state index contributed by atoms with van der Waals surface area (Å²) in [4.78, 5) is 4.16. The molecule has 2 N–H and O–H groups in total. The summed E-state index contributed by atoms with van der Waals surface area (Å²) in [6, 6.07) is 3.16. The summed E-state index contributed by atoms with van der Waals surface area (Å²) >= 11 is 1.56. The smallest absolute Gasteiger partial charge is 0.242 e. The van der Waals surface area contributed by atoms with Gasteiger partial charge in [-0.3, -0.25) is 0 Å². The van der Waals surface area contributed by atoms with Gasteiger partial charge in [-0.15, -0.1) is 0 Å². The SMILES string of the molecule is CNc1ccc(S(=O)(=O)NCc2cscc2C)cn1. The van der Waals surface area contributed by atoms with Crippen molar-refractivity contribution in [2.24, 2.45) is 0 Å². The number of nitrogens with one attached hydrogen (secondary N) is 2. The van der Waals surface area contributed by atoms with Crippen molar-refractivity contribution < 1.29 is 8.42 Å². The Morgan fingerprint density at radius 2 is 2.11 bits per heavy atom. The number of anilines is 1. The number of rotatable bonds is 5. The zero-order valence-corrected chi connectivity index (χ0v) is 12.3. The molecule has 0 radical (unpaired) electrons. The second-order valence-electron chi connectivity index (χ2n) is 4.03. The fourth-order valence-corrected chi connectivity index (χ4v) is 3.32.